The molecule has 5 aromatic rings. The van der Waals surface area contributed by atoms with E-state index in [1.54, 1.807) is 44.2 Å². The number of aliphatic imine (C=N–C) groups is 1. The number of rotatable bonds is 35. The van der Waals surface area contributed by atoms with Gasteiger partial charge in [0.05, 0.1) is 25.0 Å². The highest BCUT2D eigenvalue weighted by Crippen LogP contribution is 2.13. The number of nitrogens with one attached hydrogen (secondary N) is 11. The quantitative estimate of drug-likeness (QED) is 0.0129. The fourth-order valence-electron chi connectivity index (χ4n) is 8.98. The van der Waals surface area contributed by atoms with Crippen LogP contribution in [0, 0.1) is 11.8 Å². The van der Waals surface area contributed by atoms with Crippen LogP contribution in [0.1, 0.15) is 88.5 Å². The number of imidazole rings is 3. The summed E-state index contributed by atoms with van der Waals surface area (Å²) in [6.07, 6.45) is 8.43. The van der Waals surface area contributed by atoms with E-state index in [0.717, 1.165) is 5.56 Å². The summed E-state index contributed by atoms with van der Waals surface area (Å²) in [5, 5.41) is 31.3. The molecule has 458 valence electrons. The van der Waals surface area contributed by atoms with Crippen molar-refractivity contribution in [1.29, 1.82) is 0 Å². The van der Waals surface area contributed by atoms with Crippen molar-refractivity contribution >= 4 is 59.2 Å². The van der Waals surface area contributed by atoms with E-state index in [4.69, 9.17) is 17.2 Å². The number of nitrogens with zero attached hydrogens (tertiary/aromatic N) is 4. The average Bonchev–Trinajstić information content (AvgIpc) is 4.43. The Hall–Kier alpha value is -9.47. The SMILES string of the molecule is CC(C)C[C@H](NC(=O)[C@H](Cc1cnc[nH]1)NC(=O)[C@H](C)NC(=O)[C@H](Cc1cnc[nH]1)NC(=O)[C@H](CCCN=C(N)N)NC(=O)[C@H](CC(C)C)NC(=O)[C@H](Cc1cnc[nH]1)NC(=O)[C@H](Cc1ccccc1)NC(=O)[C@@H](N)Cc1ccccc1)C(=O)O. The smallest absolute Gasteiger partial charge is 0.326 e. The van der Waals surface area contributed by atoms with Gasteiger partial charge in [0.15, 0.2) is 5.96 Å². The second-order valence-corrected chi connectivity index (χ2v) is 21.5. The minimum atomic E-state index is -1.43. The summed E-state index contributed by atoms with van der Waals surface area (Å²) in [6.45, 7) is 8.59. The van der Waals surface area contributed by atoms with Gasteiger partial charge in [0.25, 0.3) is 0 Å². The normalized spacial score (nSPS) is 14.4. The van der Waals surface area contributed by atoms with Gasteiger partial charge in [-0.2, -0.15) is 0 Å². The second-order valence-electron chi connectivity index (χ2n) is 21.5. The highest BCUT2D eigenvalue weighted by Gasteiger charge is 2.36. The summed E-state index contributed by atoms with van der Waals surface area (Å²) in [5.74, 6) is -8.05. The highest BCUT2D eigenvalue weighted by atomic mass is 16.4. The number of carbonyl (C=O) groups excluding carboxylic acids is 8. The topological polar surface area (TPSA) is 447 Å². The molecule has 3 heterocycles. The molecule has 9 atom stereocenters. The van der Waals surface area contributed by atoms with Crippen LogP contribution in [0.2, 0.25) is 0 Å². The molecule has 0 bridgehead atoms. The summed E-state index contributed by atoms with van der Waals surface area (Å²) in [6, 6.07) is 6.43. The lowest BCUT2D eigenvalue weighted by Gasteiger charge is -2.28. The van der Waals surface area contributed by atoms with Crippen molar-refractivity contribution in [2.75, 3.05) is 6.54 Å². The monoisotopic (exact) mass is 1180 g/mol. The van der Waals surface area contributed by atoms with Gasteiger partial charge in [-0.1, -0.05) is 88.4 Å². The van der Waals surface area contributed by atoms with E-state index in [-0.39, 0.29) is 82.1 Å². The molecule has 28 heteroatoms. The number of nitrogens with two attached hydrogens (primary N) is 3. The van der Waals surface area contributed by atoms with Gasteiger partial charge in [-0.25, -0.2) is 19.7 Å². The van der Waals surface area contributed by atoms with E-state index < -0.39 is 108 Å². The molecule has 0 aliphatic heterocycles. The molecule has 3 aromatic heterocycles. The van der Waals surface area contributed by atoms with Crippen LogP contribution < -0.4 is 59.7 Å². The second kappa shape index (κ2) is 33.6. The van der Waals surface area contributed by atoms with Crippen molar-refractivity contribution in [2.45, 2.75) is 147 Å². The number of carboxylic acid groups (broad SMARTS) is 1. The lowest BCUT2D eigenvalue weighted by Crippen LogP contribution is -2.61. The van der Waals surface area contributed by atoms with Crippen LogP contribution in [0.4, 0.5) is 0 Å². The number of hydrogen-bond donors (Lipinski definition) is 15. The van der Waals surface area contributed by atoms with Crippen molar-refractivity contribution in [1.82, 2.24) is 72.4 Å². The molecule has 0 aliphatic rings. The van der Waals surface area contributed by atoms with Crippen LogP contribution in [0.3, 0.4) is 0 Å². The molecule has 2 aromatic carbocycles. The fourth-order valence-corrected chi connectivity index (χ4v) is 8.98. The number of amides is 8. The van der Waals surface area contributed by atoms with Crippen LogP contribution in [0.15, 0.2) is 103 Å². The zero-order valence-electron chi connectivity index (χ0n) is 48.3. The van der Waals surface area contributed by atoms with E-state index in [1.165, 1.54) is 44.5 Å². The maximum Gasteiger partial charge on any atom is 0.326 e. The number of hydrogen-bond acceptors (Lipinski definition) is 14. The molecule has 8 amide bonds. The highest BCUT2D eigenvalue weighted by molar-refractivity contribution is 5.98. The molecule has 0 saturated heterocycles. The average molecular weight is 1180 g/mol. The molecule has 0 saturated carbocycles. The molecule has 28 nitrogen and oxygen atoms in total. The Morgan fingerprint density at radius 2 is 0.835 bits per heavy atom. The first kappa shape index (κ1) is 66.3. The molecule has 0 unspecified atom stereocenters. The lowest BCUT2D eigenvalue weighted by atomic mass is 10.00. The molecule has 85 heavy (non-hydrogen) atoms. The van der Waals surface area contributed by atoms with Crippen LogP contribution in [0.5, 0.6) is 0 Å². The minimum Gasteiger partial charge on any atom is -0.480 e. The Morgan fingerprint density at radius 1 is 0.471 bits per heavy atom. The lowest BCUT2D eigenvalue weighted by molar-refractivity contribution is -0.142. The third-order valence-corrected chi connectivity index (χ3v) is 13.4. The van der Waals surface area contributed by atoms with Gasteiger partial charge in [0.1, 0.15) is 48.3 Å². The summed E-state index contributed by atoms with van der Waals surface area (Å²) in [5.41, 5.74) is 20.3. The number of aliphatic carboxylic acids is 1. The first-order valence-electron chi connectivity index (χ1n) is 28.0. The molecule has 18 N–H and O–H groups in total. The van der Waals surface area contributed by atoms with Gasteiger partial charge in [-0.3, -0.25) is 43.3 Å². The predicted molar refractivity (Wildman–Crippen MR) is 313 cm³/mol. The summed E-state index contributed by atoms with van der Waals surface area (Å²) in [7, 11) is 0. The molecule has 0 radical (unpaired) electrons. The molecule has 0 aliphatic carbocycles. The van der Waals surface area contributed by atoms with Crippen molar-refractivity contribution in [2.24, 2.45) is 34.0 Å². The van der Waals surface area contributed by atoms with E-state index in [2.05, 4.69) is 77.4 Å². The van der Waals surface area contributed by atoms with Gasteiger partial charge in [0, 0.05) is 67.9 Å². The molecule has 0 spiro atoms. The van der Waals surface area contributed by atoms with E-state index in [1.807, 2.05) is 44.2 Å². The van der Waals surface area contributed by atoms with Crippen molar-refractivity contribution in [3.8, 4) is 0 Å². The molecular formula is C57H80N18O10. The first-order chi connectivity index (χ1) is 40.5. The van der Waals surface area contributed by atoms with Gasteiger partial charge in [-0.15, -0.1) is 0 Å². The largest absolute Gasteiger partial charge is 0.480 e. The number of carbonyl (C=O) groups is 9. The number of guanidine groups is 1. The van der Waals surface area contributed by atoms with Gasteiger partial charge in [0.2, 0.25) is 47.3 Å². The van der Waals surface area contributed by atoms with Crippen molar-refractivity contribution in [3.63, 3.8) is 0 Å². The Balaban J connectivity index is 1.36. The maximum absolute atomic E-state index is 14.6. The zero-order valence-corrected chi connectivity index (χ0v) is 48.3. The summed E-state index contributed by atoms with van der Waals surface area (Å²) in [4.78, 5) is 150. The van der Waals surface area contributed by atoms with Gasteiger partial charge in [-0.05, 0) is 62.0 Å². The number of aromatic amines is 3. The number of benzene rings is 2. The zero-order chi connectivity index (χ0) is 62.0. The van der Waals surface area contributed by atoms with E-state index in [9.17, 15) is 48.3 Å². The third-order valence-electron chi connectivity index (χ3n) is 13.4. The van der Waals surface area contributed by atoms with Gasteiger partial charge >= 0.3 is 5.97 Å². The summed E-state index contributed by atoms with van der Waals surface area (Å²) < 4.78 is 0. The number of H-pyrrole nitrogens is 3. The molecule has 0 fully saturated rings. The summed E-state index contributed by atoms with van der Waals surface area (Å²) >= 11 is 0. The minimum absolute atomic E-state index is 0.0309. The van der Waals surface area contributed by atoms with Crippen LogP contribution in [-0.2, 0) is 75.3 Å². The first-order valence-corrected chi connectivity index (χ1v) is 28.0. The Bertz CT molecular complexity index is 2960. The Labute approximate surface area is 492 Å². The Kier molecular flexibility index (Phi) is 26.2. The molecule has 5 rings (SSSR count). The standard InChI is InChI=1S/C57H80N18O10/c1-32(2)19-42(72-54(82)46(25-39-28-63-31-67-39)74-53(81)43(22-36-15-10-7-11-16-36)71-49(77)40(58)21-35-13-8-6-9-14-35)52(80)69-41(17-12-18-64-57(59)60)50(78)73-44(23-37-26-61-29-65-37)51(79)68-34(5)48(76)70-45(24-38-27-62-30-66-38)55(83)75-47(56(84)85)20-33(3)4/h6-11,13-16,26-34,40-47H,12,17-25,58H2,1-5H3,(H,61,65)(H,62,66)(H,63,67)(H,68,79)(H,69,80)(H,70,76)(H,71,77)(H,72,82)(H,73,78)(H,74,81)(H,75,83)(H,84,85)(H4,59,60,64)/t34-,40-,41-,42-,43-,44-,45-,46-,47-/m0/s1. The van der Waals surface area contributed by atoms with Crippen molar-refractivity contribution < 1.29 is 48.3 Å². The van der Waals surface area contributed by atoms with E-state index >= 15 is 0 Å². The van der Waals surface area contributed by atoms with Crippen LogP contribution in [0.25, 0.3) is 0 Å². The van der Waals surface area contributed by atoms with Crippen LogP contribution in [-0.4, -0.2) is 155 Å². The Morgan fingerprint density at radius 3 is 1.27 bits per heavy atom. The third kappa shape index (κ3) is 23.0. The van der Waals surface area contributed by atoms with Crippen molar-refractivity contribution in [3.05, 3.63) is 126 Å². The van der Waals surface area contributed by atoms with Crippen LogP contribution >= 0.6 is 0 Å². The molecular weight excluding hydrogens is 1100 g/mol. The fraction of sp³-hybridized carbons (Fsp3) is 0.456. The number of aromatic nitrogens is 6. The maximum atomic E-state index is 14.6. The predicted octanol–water partition coefficient (Wildman–Crippen LogP) is -1.17. The van der Waals surface area contributed by atoms with Gasteiger partial charge < -0.3 is 79.8 Å². The number of carboxylic acids is 1. The van der Waals surface area contributed by atoms with E-state index in [0.29, 0.717) is 22.6 Å².